The maximum atomic E-state index is 12.6. The minimum Gasteiger partial charge on any atom is -0.444 e. The van der Waals surface area contributed by atoms with Crippen LogP contribution in [0.5, 0.6) is 0 Å². The molecule has 4 rings (SSSR count). The number of aromatic nitrogens is 1. The van der Waals surface area contributed by atoms with Crippen LogP contribution in [0.15, 0.2) is 36.5 Å². The van der Waals surface area contributed by atoms with E-state index in [4.69, 9.17) is 25.5 Å². The molecule has 1 aromatic carbocycles. The van der Waals surface area contributed by atoms with Crippen LogP contribution in [-0.4, -0.2) is 73.9 Å². The van der Waals surface area contributed by atoms with Gasteiger partial charge < -0.3 is 9.64 Å². The Labute approximate surface area is 211 Å². The Morgan fingerprint density at radius 3 is 2.54 bits per heavy atom. The molecule has 35 heavy (non-hydrogen) atoms. The third-order valence-electron chi connectivity index (χ3n) is 5.88. The average Bonchev–Trinajstić information content (AvgIpc) is 2.90. The molecule has 188 valence electrons. The highest BCUT2D eigenvalue weighted by Crippen LogP contribution is 2.40. The number of amides is 1. The summed E-state index contributed by atoms with van der Waals surface area (Å²) in [6.07, 6.45) is 4.39. The first-order valence-corrected chi connectivity index (χ1v) is 13.6. The lowest BCUT2D eigenvalue weighted by Crippen LogP contribution is -2.51. The zero-order valence-electron chi connectivity index (χ0n) is 20.3. The molecular formula is C25H30ClN3O5S. The molecule has 1 aromatic heterocycles. The molecule has 0 radical (unpaired) electrons. The highest BCUT2D eigenvalue weighted by Gasteiger charge is 2.34. The number of ether oxygens (including phenoxy) is 1. The number of rotatable bonds is 4. The second-order valence-corrected chi connectivity index (χ2v) is 11.8. The van der Waals surface area contributed by atoms with Gasteiger partial charge in [-0.2, -0.15) is 8.42 Å². The van der Waals surface area contributed by atoms with Crippen molar-refractivity contribution >= 4 is 39.5 Å². The van der Waals surface area contributed by atoms with Gasteiger partial charge in [0.05, 0.1) is 24.6 Å². The Morgan fingerprint density at radius 2 is 1.89 bits per heavy atom. The summed E-state index contributed by atoms with van der Waals surface area (Å²) in [5.74, 6) is 0. The summed E-state index contributed by atoms with van der Waals surface area (Å²) in [7, 11) is -3.64. The van der Waals surface area contributed by atoms with Crippen LogP contribution in [0.4, 0.5) is 4.79 Å². The zero-order chi connectivity index (χ0) is 25.4. The largest absolute Gasteiger partial charge is 0.444 e. The van der Waals surface area contributed by atoms with Crippen molar-refractivity contribution in [2.24, 2.45) is 0 Å². The Balaban J connectivity index is 1.68. The van der Waals surface area contributed by atoms with Gasteiger partial charge in [0, 0.05) is 37.4 Å². The summed E-state index contributed by atoms with van der Waals surface area (Å²) in [6, 6.07) is 9.23. The number of benzene rings is 1. The highest BCUT2D eigenvalue weighted by molar-refractivity contribution is 7.86. The van der Waals surface area contributed by atoms with Gasteiger partial charge in [-0.3, -0.25) is 14.1 Å². The lowest BCUT2D eigenvalue weighted by Gasteiger charge is -2.40. The third-order valence-corrected chi connectivity index (χ3v) is 6.66. The first kappa shape index (κ1) is 25.6. The van der Waals surface area contributed by atoms with Gasteiger partial charge in [0.2, 0.25) is 0 Å². The summed E-state index contributed by atoms with van der Waals surface area (Å²) in [5.41, 5.74) is 3.67. The zero-order valence-corrected chi connectivity index (χ0v) is 21.9. The van der Waals surface area contributed by atoms with Crippen molar-refractivity contribution in [2.75, 3.05) is 39.0 Å². The number of nitrogens with zero attached hydrogens (tertiary/aromatic N) is 3. The lowest BCUT2D eigenvalue weighted by molar-refractivity contribution is 0.0118. The predicted molar refractivity (Wildman–Crippen MR) is 136 cm³/mol. The van der Waals surface area contributed by atoms with Crippen molar-refractivity contribution < 1.29 is 22.1 Å². The molecule has 1 saturated heterocycles. The van der Waals surface area contributed by atoms with Crippen LogP contribution < -0.4 is 0 Å². The Hall–Kier alpha value is -2.46. The van der Waals surface area contributed by atoms with E-state index in [1.54, 1.807) is 11.1 Å². The minimum absolute atomic E-state index is 0.111. The molecule has 10 heteroatoms. The summed E-state index contributed by atoms with van der Waals surface area (Å²) in [4.78, 5) is 21.3. The summed E-state index contributed by atoms with van der Waals surface area (Å²) < 4.78 is 34.2. The molecule has 0 bridgehead atoms. The molecule has 1 aliphatic heterocycles. The fourth-order valence-electron chi connectivity index (χ4n) is 4.39. The predicted octanol–water partition coefficient (Wildman–Crippen LogP) is 4.21. The fraction of sp³-hybridized carbons (Fsp3) is 0.440. The fourth-order valence-corrected chi connectivity index (χ4v) is 4.90. The summed E-state index contributed by atoms with van der Waals surface area (Å²) >= 11 is 6.36. The van der Waals surface area contributed by atoms with Crippen molar-refractivity contribution in [1.82, 2.24) is 14.8 Å². The molecule has 0 N–H and O–H groups in total. The molecule has 1 atom stereocenters. The number of carbonyl (C=O) groups is 1. The maximum Gasteiger partial charge on any atom is 0.410 e. The molecule has 1 amide bonds. The van der Waals surface area contributed by atoms with Crippen LogP contribution in [-0.2, 0) is 19.0 Å². The van der Waals surface area contributed by atoms with Crippen molar-refractivity contribution in [3.63, 3.8) is 0 Å². The van der Waals surface area contributed by atoms with Crippen LogP contribution in [0.1, 0.15) is 49.2 Å². The van der Waals surface area contributed by atoms with Crippen LogP contribution in [0.3, 0.4) is 0 Å². The van der Waals surface area contributed by atoms with E-state index in [1.165, 1.54) is 0 Å². The van der Waals surface area contributed by atoms with Crippen LogP contribution >= 0.6 is 11.6 Å². The van der Waals surface area contributed by atoms with Crippen molar-refractivity contribution in [1.29, 1.82) is 0 Å². The Bertz CT molecular complexity index is 1250. The Morgan fingerprint density at radius 1 is 1.17 bits per heavy atom. The standard InChI is InChI=1S/C25H30ClN3O5S/c1-25(2,3)34-24(30)29-12-10-28(11-13-29)23-20-8-7-19(26)15-21(20)18(16-33-35(4,31)32)14-17-6-5-9-27-22(17)23/h5-9,14-15,23H,10-13,16H2,1-4H3. The van der Waals surface area contributed by atoms with E-state index in [0.29, 0.717) is 36.8 Å². The second-order valence-electron chi connectivity index (χ2n) is 9.75. The van der Waals surface area contributed by atoms with Crippen LogP contribution in [0.2, 0.25) is 5.02 Å². The minimum atomic E-state index is -3.64. The molecular weight excluding hydrogens is 490 g/mol. The van der Waals surface area contributed by atoms with Crippen molar-refractivity contribution in [3.05, 3.63) is 63.9 Å². The van der Waals surface area contributed by atoms with E-state index in [0.717, 1.165) is 28.6 Å². The monoisotopic (exact) mass is 519 g/mol. The smallest absolute Gasteiger partial charge is 0.410 e. The average molecular weight is 520 g/mol. The normalized spacial score (nSPS) is 18.8. The second kappa shape index (κ2) is 9.89. The van der Waals surface area contributed by atoms with Crippen LogP contribution in [0, 0.1) is 0 Å². The molecule has 1 aliphatic carbocycles. The topological polar surface area (TPSA) is 89.0 Å². The summed E-state index contributed by atoms with van der Waals surface area (Å²) in [5, 5.41) is 0.543. The number of hydrogen-bond donors (Lipinski definition) is 0. The number of piperazine rings is 1. The Kier molecular flexibility index (Phi) is 7.24. The van der Waals surface area contributed by atoms with Gasteiger partial charge >= 0.3 is 6.09 Å². The van der Waals surface area contributed by atoms with E-state index in [1.807, 2.05) is 57.2 Å². The van der Waals surface area contributed by atoms with E-state index < -0.39 is 15.7 Å². The first-order valence-electron chi connectivity index (χ1n) is 11.4. The van der Waals surface area contributed by atoms with E-state index in [2.05, 4.69) is 4.90 Å². The van der Waals surface area contributed by atoms with Gasteiger partial charge in [-0.15, -0.1) is 0 Å². The summed E-state index contributed by atoms with van der Waals surface area (Å²) in [6.45, 7) is 7.75. The first-order chi connectivity index (χ1) is 16.4. The van der Waals surface area contributed by atoms with Crippen LogP contribution in [0.25, 0.3) is 11.6 Å². The van der Waals surface area contributed by atoms with Gasteiger partial charge in [0.15, 0.2) is 0 Å². The third kappa shape index (κ3) is 6.22. The highest BCUT2D eigenvalue weighted by atomic mass is 35.5. The molecule has 2 aliphatic rings. The molecule has 8 nitrogen and oxygen atoms in total. The van der Waals surface area contributed by atoms with Gasteiger partial charge in [-0.25, -0.2) is 4.79 Å². The van der Waals surface area contributed by atoms with Gasteiger partial charge in [0.25, 0.3) is 10.1 Å². The number of pyridine rings is 1. The number of hydrogen-bond acceptors (Lipinski definition) is 7. The van der Waals surface area contributed by atoms with Gasteiger partial charge in [-0.05, 0) is 67.3 Å². The molecule has 2 heterocycles. The molecule has 0 spiro atoms. The molecule has 1 fully saturated rings. The lowest BCUT2D eigenvalue weighted by atomic mass is 9.94. The van der Waals surface area contributed by atoms with Gasteiger partial charge in [0.1, 0.15) is 5.60 Å². The molecule has 1 unspecified atom stereocenters. The van der Waals surface area contributed by atoms with E-state index >= 15 is 0 Å². The molecule has 2 aromatic rings. The number of halogens is 1. The quantitative estimate of drug-likeness (QED) is 0.559. The van der Waals surface area contributed by atoms with Crippen molar-refractivity contribution in [3.8, 4) is 0 Å². The van der Waals surface area contributed by atoms with E-state index in [9.17, 15) is 13.2 Å². The number of fused-ring (bicyclic) bond motifs is 2. The SMILES string of the molecule is CC(C)(C)OC(=O)N1CCN(C2c3ccc(Cl)cc3C(COS(C)(=O)=O)=Cc3cccnc32)CC1. The maximum absolute atomic E-state index is 12.6. The van der Waals surface area contributed by atoms with Crippen molar-refractivity contribution in [2.45, 2.75) is 32.4 Å². The number of carbonyl (C=O) groups excluding carboxylic acids is 1. The van der Waals surface area contributed by atoms with E-state index in [-0.39, 0.29) is 18.7 Å². The molecule has 0 saturated carbocycles. The van der Waals surface area contributed by atoms with Gasteiger partial charge in [-0.1, -0.05) is 23.7 Å².